The summed E-state index contributed by atoms with van der Waals surface area (Å²) in [5.41, 5.74) is 8.55. The van der Waals surface area contributed by atoms with Crippen LogP contribution in [0.15, 0.2) is 35.0 Å². The van der Waals surface area contributed by atoms with Crippen LogP contribution in [-0.2, 0) is 13.1 Å². The second kappa shape index (κ2) is 5.21. The lowest BCUT2D eigenvalue weighted by Gasteiger charge is -2.17. The third-order valence-corrected chi connectivity index (χ3v) is 3.31. The molecule has 0 amide bonds. The van der Waals surface area contributed by atoms with Gasteiger partial charge in [-0.25, -0.2) is 0 Å². The molecule has 0 saturated heterocycles. The second-order valence-electron chi connectivity index (χ2n) is 4.19. The Morgan fingerprint density at radius 1 is 1.29 bits per heavy atom. The number of anilines is 1. The van der Waals surface area contributed by atoms with Crippen molar-refractivity contribution in [2.75, 3.05) is 12.8 Å². The van der Waals surface area contributed by atoms with E-state index in [0.717, 1.165) is 12.1 Å². The third kappa shape index (κ3) is 3.22. The molecule has 0 bridgehead atoms. The van der Waals surface area contributed by atoms with E-state index in [1.165, 1.54) is 5.56 Å². The van der Waals surface area contributed by atoms with Gasteiger partial charge in [0.05, 0.1) is 0 Å². The number of rotatable bonds is 4. The zero-order valence-corrected chi connectivity index (χ0v) is 10.6. The lowest BCUT2D eigenvalue weighted by molar-refractivity contribution is 0.313. The summed E-state index contributed by atoms with van der Waals surface area (Å²) in [4.78, 5) is 2.15. The monoisotopic (exact) mass is 248 g/mol. The lowest BCUT2D eigenvalue weighted by Crippen LogP contribution is -2.17. The van der Waals surface area contributed by atoms with Crippen LogP contribution in [0.4, 0.5) is 5.69 Å². The van der Waals surface area contributed by atoms with Crippen molar-refractivity contribution in [3.8, 4) is 5.75 Å². The molecule has 0 aliphatic heterocycles. The molecule has 2 rings (SSSR count). The molecule has 3 N–H and O–H groups in total. The topological polar surface area (TPSA) is 49.5 Å². The maximum absolute atomic E-state index is 9.73. The van der Waals surface area contributed by atoms with Gasteiger partial charge in [-0.3, -0.25) is 4.90 Å². The molecule has 1 heterocycles. The fourth-order valence-electron chi connectivity index (χ4n) is 1.77. The Kier molecular flexibility index (Phi) is 3.66. The van der Waals surface area contributed by atoms with Gasteiger partial charge in [-0.15, -0.1) is 0 Å². The number of nitrogens with two attached hydrogens (primary N) is 1. The number of nitrogens with zero attached hydrogens (tertiary/aromatic N) is 1. The van der Waals surface area contributed by atoms with Gasteiger partial charge < -0.3 is 10.8 Å². The van der Waals surface area contributed by atoms with Gasteiger partial charge >= 0.3 is 0 Å². The molecule has 0 saturated carbocycles. The van der Waals surface area contributed by atoms with E-state index in [-0.39, 0.29) is 0 Å². The van der Waals surface area contributed by atoms with Crippen LogP contribution in [-0.4, -0.2) is 17.1 Å². The van der Waals surface area contributed by atoms with Gasteiger partial charge in [-0.2, -0.15) is 11.3 Å². The highest BCUT2D eigenvalue weighted by atomic mass is 32.1. The first-order valence-electron chi connectivity index (χ1n) is 5.42. The molecule has 0 aliphatic carbocycles. The van der Waals surface area contributed by atoms with Crippen LogP contribution in [0, 0.1) is 0 Å². The highest BCUT2D eigenvalue weighted by Gasteiger charge is 2.06. The van der Waals surface area contributed by atoms with Crippen LogP contribution in [0.5, 0.6) is 5.75 Å². The molecule has 0 fully saturated rings. The first-order valence-corrected chi connectivity index (χ1v) is 6.36. The number of benzene rings is 1. The smallest absolute Gasteiger partial charge is 0.120 e. The Hall–Kier alpha value is -1.52. The van der Waals surface area contributed by atoms with Crippen LogP contribution in [0.3, 0.4) is 0 Å². The van der Waals surface area contributed by atoms with E-state index in [2.05, 4.69) is 21.7 Å². The van der Waals surface area contributed by atoms with Crippen LogP contribution in [0.1, 0.15) is 11.1 Å². The van der Waals surface area contributed by atoms with Crippen molar-refractivity contribution < 1.29 is 5.11 Å². The van der Waals surface area contributed by atoms with E-state index >= 15 is 0 Å². The number of nitrogen functional groups attached to an aromatic ring is 1. The summed E-state index contributed by atoms with van der Waals surface area (Å²) in [7, 11) is 2.03. The Labute approximate surface area is 105 Å². The predicted octanol–water partition coefficient (Wildman–Crippen LogP) is 2.67. The Morgan fingerprint density at radius 3 is 2.82 bits per heavy atom. The van der Waals surface area contributed by atoms with E-state index in [9.17, 15) is 5.11 Å². The van der Waals surface area contributed by atoms with E-state index < -0.39 is 0 Å². The largest absolute Gasteiger partial charge is 0.508 e. The molecule has 90 valence electrons. The van der Waals surface area contributed by atoms with E-state index in [4.69, 9.17) is 5.73 Å². The molecule has 17 heavy (non-hydrogen) atoms. The summed E-state index contributed by atoms with van der Waals surface area (Å²) in [6.45, 7) is 1.56. The van der Waals surface area contributed by atoms with Crippen molar-refractivity contribution >= 4 is 17.0 Å². The minimum atomic E-state index is 0.302. The molecule has 0 atom stereocenters. The minimum absolute atomic E-state index is 0.302. The van der Waals surface area contributed by atoms with Crippen molar-refractivity contribution in [1.82, 2.24) is 4.90 Å². The average molecular weight is 248 g/mol. The number of hydrogen-bond acceptors (Lipinski definition) is 4. The minimum Gasteiger partial charge on any atom is -0.508 e. The summed E-state index contributed by atoms with van der Waals surface area (Å²) < 4.78 is 0. The third-order valence-electron chi connectivity index (χ3n) is 2.58. The summed E-state index contributed by atoms with van der Waals surface area (Å²) in [5.74, 6) is 0.302. The van der Waals surface area contributed by atoms with Crippen LogP contribution >= 0.6 is 11.3 Å². The normalized spacial score (nSPS) is 10.9. The second-order valence-corrected chi connectivity index (χ2v) is 4.97. The molecule has 0 aliphatic rings. The number of hydrogen-bond donors (Lipinski definition) is 2. The first kappa shape index (κ1) is 12.0. The van der Waals surface area contributed by atoms with Gasteiger partial charge in [-0.1, -0.05) is 0 Å². The zero-order valence-electron chi connectivity index (χ0n) is 9.76. The Balaban J connectivity index is 2.02. The maximum Gasteiger partial charge on any atom is 0.120 e. The van der Waals surface area contributed by atoms with Gasteiger partial charge in [0.15, 0.2) is 0 Å². The molecule has 2 aromatic rings. The Bertz CT molecular complexity index is 482. The van der Waals surface area contributed by atoms with E-state index in [1.807, 2.05) is 13.1 Å². The van der Waals surface area contributed by atoms with Crippen molar-refractivity contribution in [2.24, 2.45) is 0 Å². The molecule has 0 radical (unpaired) electrons. The van der Waals surface area contributed by atoms with Crippen molar-refractivity contribution in [3.63, 3.8) is 0 Å². The molecular weight excluding hydrogens is 232 g/mol. The highest BCUT2D eigenvalue weighted by Crippen LogP contribution is 2.21. The van der Waals surface area contributed by atoms with Crippen molar-refractivity contribution in [3.05, 3.63) is 46.2 Å². The number of aromatic hydroxyl groups is 1. The molecule has 0 unspecified atom stereocenters. The summed E-state index contributed by atoms with van der Waals surface area (Å²) in [6, 6.07) is 7.28. The number of phenolic OH excluding ortho intramolecular Hbond substituents is 1. The quantitative estimate of drug-likeness (QED) is 0.646. The van der Waals surface area contributed by atoms with Gasteiger partial charge in [0.1, 0.15) is 5.75 Å². The Morgan fingerprint density at radius 2 is 2.12 bits per heavy atom. The summed E-state index contributed by atoms with van der Waals surface area (Å²) >= 11 is 1.70. The van der Waals surface area contributed by atoms with Gasteiger partial charge in [0.2, 0.25) is 0 Å². The SMILES string of the molecule is CN(Cc1ccsc1)Cc1cc(N)ccc1O. The molecule has 3 nitrogen and oxygen atoms in total. The van der Waals surface area contributed by atoms with E-state index in [1.54, 1.807) is 23.5 Å². The van der Waals surface area contributed by atoms with E-state index in [0.29, 0.717) is 18.0 Å². The van der Waals surface area contributed by atoms with Crippen LogP contribution < -0.4 is 5.73 Å². The van der Waals surface area contributed by atoms with Crippen molar-refractivity contribution in [1.29, 1.82) is 0 Å². The molecule has 4 heteroatoms. The molecule has 1 aromatic carbocycles. The fourth-order valence-corrected chi connectivity index (χ4v) is 2.43. The lowest BCUT2D eigenvalue weighted by atomic mass is 10.1. The molecule has 1 aromatic heterocycles. The van der Waals surface area contributed by atoms with Gasteiger partial charge in [-0.05, 0) is 47.6 Å². The maximum atomic E-state index is 9.73. The zero-order chi connectivity index (χ0) is 12.3. The number of thiophene rings is 1. The summed E-state index contributed by atoms with van der Waals surface area (Å²) in [5, 5.41) is 13.9. The van der Waals surface area contributed by atoms with Gasteiger partial charge in [0.25, 0.3) is 0 Å². The highest BCUT2D eigenvalue weighted by molar-refractivity contribution is 7.07. The predicted molar refractivity (Wildman–Crippen MR) is 72.0 cm³/mol. The van der Waals surface area contributed by atoms with Gasteiger partial charge in [0, 0.05) is 24.3 Å². The molecule has 0 spiro atoms. The first-order chi connectivity index (χ1) is 8.15. The number of phenols is 1. The summed E-state index contributed by atoms with van der Waals surface area (Å²) in [6.07, 6.45) is 0. The standard InChI is InChI=1S/C13H16N2OS/c1-15(7-10-4-5-17-9-10)8-11-6-12(14)2-3-13(11)16/h2-6,9,16H,7-8,14H2,1H3. The molecular formula is C13H16N2OS. The average Bonchev–Trinajstić information content (AvgIpc) is 2.76. The fraction of sp³-hybridized carbons (Fsp3) is 0.231. The van der Waals surface area contributed by atoms with Crippen LogP contribution in [0.2, 0.25) is 0 Å². The van der Waals surface area contributed by atoms with Crippen LogP contribution in [0.25, 0.3) is 0 Å². The van der Waals surface area contributed by atoms with Crippen molar-refractivity contribution in [2.45, 2.75) is 13.1 Å².